The van der Waals surface area contributed by atoms with E-state index in [0.717, 1.165) is 6.08 Å². The smallest absolute Gasteiger partial charge is 0.342 e. The summed E-state index contributed by atoms with van der Waals surface area (Å²) in [6, 6.07) is 2.53. The van der Waals surface area contributed by atoms with E-state index in [1.165, 1.54) is 37.4 Å². The minimum Gasteiger partial charge on any atom is -0.507 e. The number of ketones is 1. The van der Waals surface area contributed by atoms with Gasteiger partial charge in [0.15, 0.2) is 5.78 Å². The normalized spacial score (nSPS) is 25.3. The zero-order chi connectivity index (χ0) is 25.3. The Kier molecular flexibility index (Phi) is 10.1. The summed E-state index contributed by atoms with van der Waals surface area (Å²) in [5.74, 6) is -1.83. The van der Waals surface area contributed by atoms with E-state index in [4.69, 9.17) is 9.47 Å². The number of urea groups is 1. The number of hydrogen-bond donors (Lipinski definition) is 5. The van der Waals surface area contributed by atoms with E-state index >= 15 is 0 Å². The molecule has 1 heterocycles. The number of aliphatic hydroxyl groups excluding tert-OH is 2. The summed E-state index contributed by atoms with van der Waals surface area (Å²) in [6.07, 6.45) is 2.47. The van der Waals surface area contributed by atoms with E-state index in [2.05, 4.69) is 10.6 Å². The second kappa shape index (κ2) is 12.8. The Balaban J connectivity index is 2.28. The van der Waals surface area contributed by atoms with Crippen LogP contribution in [-0.4, -0.2) is 71.6 Å². The molecule has 1 aliphatic heterocycles. The van der Waals surface area contributed by atoms with Crippen molar-refractivity contribution in [3.8, 4) is 11.5 Å². The molecule has 10 heteroatoms. The van der Waals surface area contributed by atoms with Crippen molar-refractivity contribution in [2.45, 2.75) is 45.0 Å². The van der Waals surface area contributed by atoms with Crippen LogP contribution in [0.2, 0.25) is 0 Å². The van der Waals surface area contributed by atoms with Gasteiger partial charge in [0.1, 0.15) is 29.3 Å². The maximum Gasteiger partial charge on any atom is 0.342 e. The number of nitrogens with one attached hydrogen (secondary N) is 2. The van der Waals surface area contributed by atoms with Gasteiger partial charge in [-0.2, -0.15) is 0 Å². The Morgan fingerprint density at radius 1 is 1.21 bits per heavy atom. The summed E-state index contributed by atoms with van der Waals surface area (Å²) < 4.78 is 11.1. The van der Waals surface area contributed by atoms with Crippen LogP contribution >= 0.6 is 0 Å². The van der Waals surface area contributed by atoms with Gasteiger partial charge in [-0.05, 0) is 37.5 Å². The number of hydrogen-bond acceptors (Lipinski definition) is 8. The van der Waals surface area contributed by atoms with Crippen LogP contribution in [0.4, 0.5) is 4.79 Å². The first-order valence-electron chi connectivity index (χ1n) is 11.0. The summed E-state index contributed by atoms with van der Waals surface area (Å²) in [4.78, 5) is 36.1. The van der Waals surface area contributed by atoms with Gasteiger partial charge in [-0.1, -0.05) is 25.2 Å². The number of carbonyl (C=O) groups is 3. The molecule has 4 atom stereocenters. The number of aromatic hydroxyl groups is 1. The minimum absolute atomic E-state index is 0.0712. The summed E-state index contributed by atoms with van der Waals surface area (Å²) in [7, 11) is 1.51. The van der Waals surface area contributed by atoms with Gasteiger partial charge in [0, 0.05) is 25.6 Å². The molecular weight excluding hydrogens is 444 g/mol. The van der Waals surface area contributed by atoms with Gasteiger partial charge in [0.05, 0.1) is 12.7 Å². The third kappa shape index (κ3) is 7.60. The van der Waals surface area contributed by atoms with Crippen molar-refractivity contribution in [1.82, 2.24) is 10.6 Å². The highest BCUT2D eigenvalue weighted by Gasteiger charge is 2.25. The van der Waals surface area contributed by atoms with Crippen molar-refractivity contribution in [2.24, 2.45) is 5.92 Å². The highest BCUT2D eigenvalue weighted by atomic mass is 16.5. The molecule has 1 aliphatic rings. The molecule has 10 nitrogen and oxygen atoms in total. The SMILES string of the molecule is CNC(=O)NCCCOc1cc(O)c2c(c1)/C=C/C[C@H](O)[C@H](O)C(=O)/C=C\[C@@H](C)[C@H](C)OC2=O. The molecule has 5 N–H and O–H groups in total. The molecule has 1 aromatic rings. The third-order valence-electron chi connectivity index (χ3n) is 5.36. The lowest BCUT2D eigenvalue weighted by molar-refractivity contribution is -0.127. The molecule has 0 saturated heterocycles. The molecule has 186 valence electrons. The van der Waals surface area contributed by atoms with Crippen LogP contribution in [0, 0.1) is 5.92 Å². The summed E-state index contributed by atoms with van der Waals surface area (Å²) in [5.41, 5.74) is 0.208. The number of ether oxygens (including phenoxy) is 2. The number of aliphatic hydroxyl groups is 2. The third-order valence-corrected chi connectivity index (χ3v) is 5.36. The van der Waals surface area contributed by atoms with Crippen molar-refractivity contribution in [1.29, 1.82) is 0 Å². The van der Waals surface area contributed by atoms with Crippen LogP contribution in [0.15, 0.2) is 30.4 Å². The molecule has 0 aliphatic carbocycles. The van der Waals surface area contributed by atoms with Crippen LogP contribution in [0.1, 0.15) is 42.6 Å². The Morgan fingerprint density at radius 2 is 1.94 bits per heavy atom. The number of fused-ring (bicyclic) bond motifs is 1. The fourth-order valence-corrected chi connectivity index (χ4v) is 3.10. The van der Waals surface area contributed by atoms with E-state index in [9.17, 15) is 29.7 Å². The highest BCUT2D eigenvalue weighted by Crippen LogP contribution is 2.31. The molecule has 0 fully saturated rings. The number of rotatable bonds is 5. The lowest BCUT2D eigenvalue weighted by atomic mass is 9.99. The molecule has 2 rings (SSSR count). The van der Waals surface area contributed by atoms with Gasteiger partial charge in [-0.15, -0.1) is 0 Å². The Labute approximate surface area is 198 Å². The average Bonchev–Trinajstić information content (AvgIpc) is 2.80. The second-order valence-electron chi connectivity index (χ2n) is 8.00. The number of phenolic OH excluding ortho intramolecular Hbond substituents is 1. The quantitative estimate of drug-likeness (QED) is 0.317. The average molecular weight is 477 g/mol. The number of esters is 1. The van der Waals surface area contributed by atoms with Gasteiger partial charge in [-0.3, -0.25) is 4.79 Å². The van der Waals surface area contributed by atoms with Gasteiger partial charge < -0.3 is 35.4 Å². The second-order valence-corrected chi connectivity index (χ2v) is 8.00. The number of cyclic esters (lactones) is 1. The Hall–Kier alpha value is -3.37. The minimum atomic E-state index is -1.60. The van der Waals surface area contributed by atoms with Gasteiger partial charge in [-0.25, -0.2) is 9.59 Å². The maximum absolute atomic E-state index is 12.9. The van der Waals surface area contributed by atoms with E-state index in [1.807, 2.05) is 0 Å². The number of benzene rings is 1. The lowest BCUT2D eigenvalue weighted by Gasteiger charge is -2.20. The summed E-state index contributed by atoms with van der Waals surface area (Å²) >= 11 is 0. The fraction of sp³-hybridized carbons (Fsp3) is 0.458. The molecule has 0 radical (unpaired) electrons. The monoisotopic (exact) mass is 476 g/mol. The van der Waals surface area contributed by atoms with Crippen LogP contribution < -0.4 is 15.4 Å². The number of phenols is 1. The van der Waals surface area contributed by atoms with Crippen LogP contribution in [0.5, 0.6) is 11.5 Å². The van der Waals surface area contributed by atoms with Crippen molar-refractivity contribution in [3.63, 3.8) is 0 Å². The van der Waals surface area contributed by atoms with Crippen molar-refractivity contribution >= 4 is 23.9 Å². The van der Waals surface area contributed by atoms with Crippen molar-refractivity contribution in [3.05, 3.63) is 41.5 Å². The fourth-order valence-electron chi connectivity index (χ4n) is 3.10. The predicted molar refractivity (Wildman–Crippen MR) is 125 cm³/mol. The molecule has 0 unspecified atom stereocenters. The van der Waals surface area contributed by atoms with E-state index in [-0.39, 0.29) is 47.6 Å². The van der Waals surface area contributed by atoms with Crippen LogP contribution in [-0.2, 0) is 9.53 Å². The maximum atomic E-state index is 12.9. The number of amides is 2. The summed E-state index contributed by atoms with van der Waals surface area (Å²) in [6.45, 7) is 4.00. The molecule has 34 heavy (non-hydrogen) atoms. The molecule has 0 bridgehead atoms. The largest absolute Gasteiger partial charge is 0.507 e. The first-order chi connectivity index (χ1) is 16.1. The zero-order valence-electron chi connectivity index (χ0n) is 19.5. The molecular formula is C24H32N2O8. The van der Waals surface area contributed by atoms with Gasteiger partial charge in [0.25, 0.3) is 0 Å². The first kappa shape index (κ1) is 26.9. The number of carbonyl (C=O) groups excluding carboxylic acids is 3. The van der Waals surface area contributed by atoms with Gasteiger partial charge in [0.2, 0.25) is 0 Å². The zero-order valence-corrected chi connectivity index (χ0v) is 19.5. The standard InChI is InChI=1S/C24H32N2O8/c1-14-8-9-19(28)22(30)18(27)7-4-6-16-12-17(33-11-5-10-26-24(32)25-3)13-20(29)21(16)23(31)34-15(14)2/h4,6,8-9,12-15,18,22,27,29-30H,5,7,10-11H2,1-3H3,(H2,25,26,32)/b6-4+,9-8-/t14-,15+,18+,22+/m1/s1. The van der Waals surface area contributed by atoms with Gasteiger partial charge >= 0.3 is 12.0 Å². The van der Waals surface area contributed by atoms with E-state index in [0.29, 0.717) is 13.0 Å². The first-order valence-corrected chi connectivity index (χ1v) is 11.0. The van der Waals surface area contributed by atoms with Crippen molar-refractivity contribution in [2.75, 3.05) is 20.2 Å². The predicted octanol–water partition coefficient (Wildman–Crippen LogP) is 1.54. The lowest BCUT2D eigenvalue weighted by Crippen LogP contribution is -2.33. The summed E-state index contributed by atoms with van der Waals surface area (Å²) in [5, 5.41) is 35.9. The molecule has 2 amide bonds. The molecule has 0 saturated carbocycles. The Morgan fingerprint density at radius 3 is 2.65 bits per heavy atom. The molecule has 0 aromatic heterocycles. The topological polar surface area (TPSA) is 154 Å². The van der Waals surface area contributed by atoms with E-state index < -0.39 is 30.1 Å². The molecule has 0 spiro atoms. The Bertz CT molecular complexity index is 943. The highest BCUT2D eigenvalue weighted by molar-refractivity contribution is 5.97. The molecule has 1 aromatic carbocycles. The van der Waals surface area contributed by atoms with Crippen molar-refractivity contribution < 1.29 is 39.2 Å². The van der Waals surface area contributed by atoms with Crippen LogP contribution in [0.3, 0.4) is 0 Å². The van der Waals surface area contributed by atoms with Crippen LogP contribution in [0.25, 0.3) is 6.08 Å². The van der Waals surface area contributed by atoms with E-state index in [1.54, 1.807) is 13.8 Å².